The van der Waals surface area contributed by atoms with Gasteiger partial charge in [-0.25, -0.2) is 4.79 Å². The summed E-state index contributed by atoms with van der Waals surface area (Å²) in [4.78, 5) is 28.2. The summed E-state index contributed by atoms with van der Waals surface area (Å²) in [6, 6.07) is 1.89. The van der Waals surface area contributed by atoms with Gasteiger partial charge in [0, 0.05) is 30.4 Å². The fourth-order valence-corrected chi connectivity index (χ4v) is 4.36. The lowest BCUT2D eigenvalue weighted by Crippen LogP contribution is -2.37. The average Bonchev–Trinajstić information content (AvgIpc) is 3.03. The zero-order valence-electron chi connectivity index (χ0n) is 13.5. The largest absolute Gasteiger partial charge is 0.354 e. The summed E-state index contributed by atoms with van der Waals surface area (Å²) >= 11 is 0. The first kappa shape index (κ1) is 15.3. The standard InChI is InChI=1S/C17H25N3O2/c1-11-10-12(2)20(17(22)19-11)9-8-18-16(21)15-7-6-13-4-3-5-14(13)15/h10,13-15H,3-9H2,1-2H3,(H,18,21)/t13-,14-,15-/m0/s1. The van der Waals surface area contributed by atoms with E-state index in [9.17, 15) is 9.59 Å². The Hall–Kier alpha value is -1.65. The Bertz CT molecular complexity index is 623. The molecule has 22 heavy (non-hydrogen) atoms. The van der Waals surface area contributed by atoms with Crippen molar-refractivity contribution in [2.24, 2.45) is 17.8 Å². The number of nitrogens with one attached hydrogen (secondary N) is 1. The highest BCUT2D eigenvalue weighted by Crippen LogP contribution is 2.47. The zero-order chi connectivity index (χ0) is 15.7. The van der Waals surface area contributed by atoms with Crippen molar-refractivity contribution in [3.63, 3.8) is 0 Å². The van der Waals surface area contributed by atoms with E-state index >= 15 is 0 Å². The van der Waals surface area contributed by atoms with E-state index < -0.39 is 0 Å². The van der Waals surface area contributed by atoms with Gasteiger partial charge in [-0.1, -0.05) is 12.8 Å². The second-order valence-electron chi connectivity index (χ2n) is 6.80. The molecule has 0 radical (unpaired) electrons. The van der Waals surface area contributed by atoms with Crippen LogP contribution in [0.15, 0.2) is 10.9 Å². The molecule has 5 nitrogen and oxygen atoms in total. The maximum Gasteiger partial charge on any atom is 0.348 e. The lowest BCUT2D eigenvalue weighted by Gasteiger charge is -2.18. The number of hydrogen-bond acceptors (Lipinski definition) is 3. The average molecular weight is 303 g/mol. The molecule has 3 rings (SSSR count). The molecule has 3 atom stereocenters. The van der Waals surface area contributed by atoms with E-state index in [4.69, 9.17) is 0 Å². The molecule has 120 valence electrons. The van der Waals surface area contributed by atoms with Gasteiger partial charge in [0.15, 0.2) is 0 Å². The lowest BCUT2D eigenvalue weighted by atomic mass is 9.91. The topological polar surface area (TPSA) is 64.0 Å². The third-order valence-electron chi connectivity index (χ3n) is 5.40. The first-order valence-electron chi connectivity index (χ1n) is 8.39. The first-order chi connectivity index (χ1) is 10.6. The first-order valence-corrected chi connectivity index (χ1v) is 8.39. The molecule has 0 saturated heterocycles. The quantitative estimate of drug-likeness (QED) is 0.922. The van der Waals surface area contributed by atoms with E-state index in [-0.39, 0.29) is 17.5 Å². The van der Waals surface area contributed by atoms with Crippen LogP contribution in [0.1, 0.15) is 43.5 Å². The monoisotopic (exact) mass is 303 g/mol. The molecule has 0 unspecified atom stereocenters. The summed E-state index contributed by atoms with van der Waals surface area (Å²) in [7, 11) is 0. The number of carbonyl (C=O) groups excluding carboxylic acids is 1. The highest BCUT2D eigenvalue weighted by molar-refractivity contribution is 5.79. The second kappa shape index (κ2) is 6.23. The molecule has 1 amide bonds. The Kier molecular flexibility index (Phi) is 4.32. The van der Waals surface area contributed by atoms with Crippen molar-refractivity contribution < 1.29 is 4.79 Å². The van der Waals surface area contributed by atoms with Crippen LogP contribution in [0, 0.1) is 31.6 Å². The summed E-state index contributed by atoms with van der Waals surface area (Å²) < 4.78 is 1.63. The van der Waals surface area contributed by atoms with E-state index in [2.05, 4.69) is 10.3 Å². The third kappa shape index (κ3) is 2.94. The molecule has 1 aromatic heterocycles. The number of fused-ring (bicyclic) bond motifs is 1. The number of aromatic nitrogens is 2. The van der Waals surface area contributed by atoms with Crippen molar-refractivity contribution in [2.45, 2.75) is 52.5 Å². The van der Waals surface area contributed by atoms with Crippen LogP contribution in [0.4, 0.5) is 0 Å². The summed E-state index contributed by atoms with van der Waals surface area (Å²) in [6.07, 6.45) is 6.04. The van der Waals surface area contributed by atoms with E-state index in [1.807, 2.05) is 19.9 Å². The van der Waals surface area contributed by atoms with Crippen LogP contribution in [0.5, 0.6) is 0 Å². The van der Waals surface area contributed by atoms with Crippen molar-refractivity contribution in [1.82, 2.24) is 14.9 Å². The molecule has 0 aromatic carbocycles. The SMILES string of the molecule is Cc1cc(C)n(CCNC(=O)[C@H]2CC[C@@H]3CCC[C@@H]32)c(=O)n1. The molecule has 2 aliphatic rings. The predicted molar refractivity (Wildman–Crippen MR) is 84.5 cm³/mol. The van der Waals surface area contributed by atoms with Gasteiger partial charge in [-0.15, -0.1) is 0 Å². The highest BCUT2D eigenvalue weighted by atomic mass is 16.2. The molecule has 2 saturated carbocycles. The van der Waals surface area contributed by atoms with Crippen LogP contribution in [-0.4, -0.2) is 22.0 Å². The molecule has 0 spiro atoms. The van der Waals surface area contributed by atoms with E-state index in [1.165, 1.54) is 25.7 Å². The third-order valence-corrected chi connectivity index (χ3v) is 5.40. The Labute approximate surface area is 131 Å². The summed E-state index contributed by atoms with van der Waals surface area (Å²) in [5.74, 6) is 1.76. The second-order valence-corrected chi connectivity index (χ2v) is 6.80. The van der Waals surface area contributed by atoms with Crippen molar-refractivity contribution in [1.29, 1.82) is 0 Å². The summed E-state index contributed by atoms with van der Waals surface area (Å²) in [5, 5.41) is 3.03. The van der Waals surface area contributed by atoms with E-state index in [0.29, 0.717) is 19.0 Å². The van der Waals surface area contributed by atoms with Crippen molar-refractivity contribution in [3.8, 4) is 0 Å². The molecule has 1 aromatic rings. The van der Waals surface area contributed by atoms with Crippen molar-refractivity contribution in [3.05, 3.63) is 27.9 Å². The van der Waals surface area contributed by atoms with Crippen molar-refractivity contribution in [2.75, 3.05) is 6.54 Å². The van der Waals surface area contributed by atoms with Gasteiger partial charge < -0.3 is 5.32 Å². The molecule has 0 aliphatic heterocycles. The van der Waals surface area contributed by atoms with Gasteiger partial charge in [0.25, 0.3) is 0 Å². The molecule has 0 bridgehead atoms. The molecule has 1 N–H and O–H groups in total. The maximum absolute atomic E-state index is 12.4. The van der Waals surface area contributed by atoms with Crippen molar-refractivity contribution >= 4 is 5.91 Å². The minimum absolute atomic E-state index is 0.181. The molecule has 2 aliphatic carbocycles. The Morgan fingerprint density at radius 1 is 1.32 bits per heavy atom. The van der Waals surface area contributed by atoms with E-state index in [0.717, 1.165) is 23.7 Å². The van der Waals surface area contributed by atoms with Crippen LogP contribution in [0.3, 0.4) is 0 Å². The van der Waals surface area contributed by atoms with Gasteiger partial charge in [-0.2, -0.15) is 4.98 Å². The number of nitrogens with zero attached hydrogens (tertiary/aromatic N) is 2. The minimum Gasteiger partial charge on any atom is -0.354 e. The molecular weight excluding hydrogens is 278 g/mol. The van der Waals surface area contributed by atoms with Crippen LogP contribution in [-0.2, 0) is 11.3 Å². The van der Waals surface area contributed by atoms with Gasteiger partial charge >= 0.3 is 5.69 Å². The summed E-state index contributed by atoms with van der Waals surface area (Å²) in [6.45, 7) is 4.71. The number of hydrogen-bond donors (Lipinski definition) is 1. The maximum atomic E-state index is 12.4. The Morgan fingerprint density at radius 2 is 2.14 bits per heavy atom. The molecular formula is C17H25N3O2. The predicted octanol–water partition coefficient (Wildman–Crippen LogP) is 1.80. The van der Waals surface area contributed by atoms with Gasteiger partial charge in [0.2, 0.25) is 5.91 Å². The lowest BCUT2D eigenvalue weighted by molar-refractivity contribution is -0.126. The zero-order valence-corrected chi connectivity index (χ0v) is 13.5. The van der Waals surface area contributed by atoms with Gasteiger partial charge in [-0.3, -0.25) is 9.36 Å². The molecule has 5 heteroatoms. The highest BCUT2D eigenvalue weighted by Gasteiger charge is 2.42. The normalized spacial score (nSPS) is 26.9. The molecule has 1 heterocycles. The number of carbonyl (C=O) groups is 1. The minimum atomic E-state index is -0.233. The van der Waals surface area contributed by atoms with Crippen LogP contribution in [0.25, 0.3) is 0 Å². The Balaban J connectivity index is 1.55. The number of rotatable bonds is 4. The number of amides is 1. The van der Waals surface area contributed by atoms with Crippen LogP contribution < -0.4 is 11.0 Å². The van der Waals surface area contributed by atoms with Gasteiger partial charge in [0.1, 0.15) is 0 Å². The fourth-order valence-electron chi connectivity index (χ4n) is 4.36. The van der Waals surface area contributed by atoms with Gasteiger partial charge in [-0.05, 0) is 51.0 Å². The smallest absolute Gasteiger partial charge is 0.348 e. The van der Waals surface area contributed by atoms with E-state index in [1.54, 1.807) is 4.57 Å². The van der Waals surface area contributed by atoms with Crippen LogP contribution >= 0.6 is 0 Å². The number of aryl methyl sites for hydroxylation is 2. The fraction of sp³-hybridized carbons (Fsp3) is 0.706. The summed E-state index contributed by atoms with van der Waals surface area (Å²) in [5.41, 5.74) is 1.40. The van der Waals surface area contributed by atoms with Gasteiger partial charge in [0.05, 0.1) is 0 Å². The Morgan fingerprint density at radius 3 is 2.91 bits per heavy atom. The molecule has 2 fully saturated rings. The van der Waals surface area contributed by atoms with Crippen LogP contribution in [0.2, 0.25) is 0 Å².